The number of hydrogen-bond acceptors (Lipinski definition) is 0. The average molecular weight is 254 g/mol. The minimum Gasteiger partial charge on any atom is -0.0652 e. The van der Waals surface area contributed by atoms with Crippen molar-refractivity contribution in [3.8, 4) is 0 Å². The Hall–Kier alpha value is -1.04. The molecule has 1 fully saturated rings. The average Bonchev–Trinajstić information content (AvgIpc) is 2.84. The number of rotatable bonds is 4. The number of benzene rings is 1. The zero-order valence-corrected chi connectivity index (χ0v) is 12.3. The Kier molecular flexibility index (Phi) is 4.06. The van der Waals surface area contributed by atoms with E-state index < -0.39 is 0 Å². The summed E-state index contributed by atoms with van der Waals surface area (Å²) in [7, 11) is 0. The summed E-state index contributed by atoms with van der Waals surface area (Å²) < 4.78 is 0. The van der Waals surface area contributed by atoms with Crippen molar-refractivity contribution in [2.24, 2.45) is 5.92 Å². The molecule has 0 saturated heterocycles. The number of fused-ring (bicyclic) bond motifs is 1. The standard InChI is InChI=1S/C19H26/c1-2-7-16-13-18-11-6-10-17(19(18)14-16)12-15-8-4-3-5-9-15/h6,10-11,13,15H,2-5,7-9,12,14H2,1H3. The molecule has 2 aliphatic rings. The van der Waals surface area contributed by atoms with Crippen molar-refractivity contribution in [1.82, 2.24) is 0 Å². The van der Waals surface area contributed by atoms with Gasteiger partial charge in [0.1, 0.15) is 0 Å². The molecule has 0 spiro atoms. The fourth-order valence-electron chi connectivity index (χ4n) is 3.88. The largest absolute Gasteiger partial charge is 0.0652 e. The lowest BCUT2D eigenvalue weighted by Gasteiger charge is -2.22. The summed E-state index contributed by atoms with van der Waals surface area (Å²) in [6.07, 6.45) is 14.8. The first kappa shape index (κ1) is 13.0. The van der Waals surface area contributed by atoms with Gasteiger partial charge < -0.3 is 0 Å². The lowest BCUT2D eigenvalue weighted by atomic mass is 9.83. The van der Waals surface area contributed by atoms with Crippen molar-refractivity contribution in [3.63, 3.8) is 0 Å². The van der Waals surface area contributed by atoms with Crippen LogP contribution in [0.2, 0.25) is 0 Å². The monoisotopic (exact) mass is 254 g/mol. The van der Waals surface area contributed by atoms with Gasteiger partial charge in [-0.2, -0.15) is 0 Å². The maximum absolute atomic E-state index is 2.45. The Balaban J connectivity index is 1.74. The fourth-order valence-corrected chi connectivity index (χ4v) is 3.88. The molecule has 1 aromatic rings. The van der Waals surface area contributed by atoms with E-state index in [1.807, 2.05) is 0 Å². The van der Waals surface area contributed by atoms with Gasteiger partial charge >= 0.3 is 0 Å². The minimum absolute atomic E-state index is 0.954. The summed E-state index contributed by atoms with van der Waals surface area (Å²) in [6.45, 7) is 2.28. The van der Waals surface area contributed by atoms with E-state index in [0.29, 0.717) is 0 Å². The molecular formula is C19H26. The van der Waals surface area contributed by atoms with Crippen molar-refractivity contribution >= 4 is 6.08 Å². The van der Waals surface area contributed by atoms with E-state index in [1.165, 1.54) is 63.4 Å². The van der Waals surface area contributed by atoms with E-state index in [0.717, 1.165) is 5.92 Å². The number of allylic oxidation sites excluding steroid dienone is 1. The molecule has 0 N–H and O–H groups in total. The zero-order chi connectivity index (χ0) is 13.1. The second kappa shape index (κ2) is 5.94. The maximum Gasteiger partial charge on any atom is -0.00551 e. The fraction of sp³-hybridized carbons (Fsp3) is 0.579. The van der Waals surface area contributed by atoms with Crippen LogP contribution in [-0.2, 0) is 12.8 Å². The molecule has 0 radical (unpaired) electrons. The Morgan fingerprint density at radius 2 is 1.95 bits per heavy atom. The van der Waals surface area contributed by atoms with Crippen LogP contribution in [0, 0.1) is 5.92 Å². The van der Waals surface area contributed by atoms with Crippen LogP contribution in [0.25, 0.3) is 6.08 Å². The molecule has 0 heteroatoms. The quantitative estimate of drug-likeness (QED) is 0.661. The second-order valence-electron chi connectivity index (χ2n) is 6.42. The molecule has 3 rings (SSSR count). The number of hydrogen-bond donors (Lipinski definition) is 0. The Morgan fingerprint density at radius 3 is 2.74 bits per heavy atom. The maximum atomic E-state index is 2.45. The summed E-state index contributed by atoms with van der Waals surface area (Å²) in [6, 6.07) is 6.96. The van der Waals surface area contributed by atoms with Crippen molar-refractivity contribution in [2.75, 3.05) is 0 Å². The van der Waals surface area contributed by atoms with Crippen LogP contribution in [-0.4, -0.2) is 0 Å². The first-order chi connectivity index (χ1) is 9.36. The van der Waals surface area contributed by atoms with Crippen LogP contribution < -0.4 is 0 Å². The van der Waals surface area contributed by atoms with Gasteiger partial charge in [-0.1, -0.05) is 75.3 Å². The molecule has 0 aromatic heterocycles. The van der Waals surface area contributed by atoms with Crippen LogP contribution in [0.3, 0.4) is 0 Å². The molecule has 0 atom stereocenters. The van der Waals surface area contributed by atoms with E-state index >= 15 is 0 Å². The van der Waals surface area contributed by atoms with Gasteiger partial charge in [-0.3, -0.25) is 0 Å². The molecule has 0 bridgehead atoms. The van der Waals surface area contributed by atoms with Crippen LogP contribution in [0.5, 0.6) is 0 Å². The molecule has 0 aliphatic heterocycles. The van der Waals surface area contributed by atoms with E-state index in [9.17, 15) is 0 Å². The van der Waals surface area contributed by atoms with Crippen molar-refractivity contribution in [2.45, 2.75) is 64.7 Å². The van der Waals surface area contributed by atoms with Crippen LogP contribution in [0.4, 0.5) is 0 Å². The van der Waals surface area contributed by atoms with Gasteiger partial charge in [0.15, 0.2) is 0 Å². The normalized spacial score (nSPS) is 19.3. The minimum atomic E-state index is 0.954. The summed E-state index contributed by atoms with van der Waals surface area (Å²) in [5, 5.41) is 0. The van der Waals surface area contributed by atoms with Gasteiger partial charge in [-0.25, -0.2) is 0 Å². The molecule has 1 aromatic carbocycles. The highest BCUT2D eigenvalue weighted by Gasteiger charge is 2.19. The highest BCUT2D eigenvalue weighted by Crippen LogP contribution is 2.33. The topological polar surface area (TPSA) is 0 Å². The summed E-state index contributed by atoms with van der Waals surface area (Å²) >= 11 is 0. The molecule has 1 saturated carbocycles. The van der Waals surface area contributed by atoms with Gasteiger partial charge in [0.05, 0.1) is 0 Å². The lowest BCUT2D eigenvalue weighted by molar-refractivity contribution is 0.356. The summed E-state index contributed by atoms with van der Waals surface area (Å²) in [5.74, 6) is 0.954. The predicted molar refractivity (Wildman–Crippen MR) is 83.3 cm³/mol. The third kappa shape index (κ3) is 2.94. The zero-order valence-electron chi connectivity index (χ0n) is 12.3. The van der Waals surface area contributed by atoms with Crippen molar-refractivity contribution in [3.05, 3.63) is 40.5 Å². The van der Waals surface area contributed by atoms with Crippen LogP contribution >= 0.6 is 0 Å². The molecular weight excluding hydrogens is 228 g/mol. The third-order valence-electron chi connectivity index (χ3n) is 4.88. The third-order valence-corrected chi connectivity index (χ3v) is 4.88. The van der Waals surface area contributed by atoms with E-state index in [1.54, 1.807) is 16.7 Å². The molecule has 0 amide bonds. The Morgan fingerprint density at radius 1 is 1.11 bits per heavy atom. The Labute approximate surface area is 117 Å². The Bertz CT molecular complexity index is 461. The van der Waals surface area contributed by atoms with Crippen molar-refractivity contribution in [1.29, 1.82) is 0 Å². The van der Waals surface area contributed by atoms with Crippen molar-refractivity contribution < 1.29 is 0 Å². The van der Waals surface area contributed by atoms with Crippen LogP contribution in [0.15, 0.2) is 23.8 Å². The summed E-state index contributed by atoms with van der Waals surface area (Å²) in [4.78, 5) is 0. The first-order valence-corrected chi connectivity index (χ1v) is 8.17. The lowest BCUT2D eigenvalue weighted by Crippen LogP contribution is -2.10. The van der Waals surface area contributed by atoms with Gasteiger partial charge in [0.2, 0.25) is 0 Å². The highest BCUT2D eigenvalue weighted by atomic mass is 14.2. The molecule has 0 nitrogen and oxygen atoms in total. The molecule has 19 heavy (non-hydrogen) atoms. The van der Waals surface area contributed by atoms with Gasteiger partial charge in [0.25, 0.3) is 0 Å². The second-order valence-corrected chi connectivity index (χ2v) is 6.42. The smallest absolute Gasteiger partial charge is 0.00551 e. The molecule has 0 unspecified atom stereocenters. The van der Waals surface area contributed by atoms with E-state index in [4.69, 9.17) is 0 Å². The van der Waals surface area contributed by atoms with E-state index in [-0.39, 0.29) is 0 Å². The molecule has 0 heterocycles. The first-order valence-electron chi connectivity index (χ1n) is 8.17. The van der Waals surface area contributed by atoms with Crippen LogP contribution in [0.1, 0.15) is 68.6 Å². The highest BCUT2D eigenvalue weighted by molar-refractivity contribution is 5.65. The SMILES string of the molecule is CCCC1=Cc2cccc(CC3CCCCC3)c2C1. The predicted octanol–water partition coefficient (Wildman–Crippen LogP) is 5.55. The van der Waals surface area contributed by atoms with Gasteiger partial charge in [0, 0.05) is 0 Å². The molecule has 102 valence electrons. The van der Waals surface area contributed by atoms with E-state index in [2.05, 4.69) is 31.2 Å². The molecule has 2 aliphatic carbocycles. The van der Waals surface area contributed by atoms with Gasteiger partial charge in [-0.15, -0.1) is 0 Å². The summed E-state index contributed by atoms with van der Waals surface area (Å²) in [5.41, 5.74) is 6.45. The van der Waals surface area contributed by atoms with Gasteiger partial charge in [-0.05, 0) is 41.9 Å².